The highest BCUT2D eigenvalue weighted by atomic mass is 35.5. The number of carbonyl (C=O) groups is 1. The molecular weight excluding hydrogens is 258 g/mol. The van der Waals surface area contributed by atoms with Crippen LogP contribution in [0, 0.1) is 0 Å². The van der Waals surface area contributed by atoms with E-state index in [-0.39, 0.29) is 5.91 Å². The van der Waals surface area contributed by atoms with Gasteiger partial charge in [0.05, 0.1) is 16.6 Å². The summed E-state index contributed by atoms with van der Waals surface area (Å²) in [6, 6.07) is 0. The molecule has 1 amide bonds. The van der Waals surface area contributed by atoms with Gasteiger partial charge in [0.2, 0.25) is 5.91 Å². The average molecular weight is 274 g/mol. The second-order valence-electron chi connectivity index (χ2n) is 4.06. The lowest BCUT2D eigenvalue weighted by Crippen LogP contribution is -2.30. The molecule has 94 valence electrons. The van der Waals surface area contributed by atoms with Crippen LogP contribution in [0.5, 0.6) is 0 Å². The van der Waals surface area contributed by atoms with Gasteiger partial charge in [-0.25, -0.2) is 4.98 Å². The van der Waals surface area contributed by atoms with Crippen LogP contribution in [0.15, 0.2) is 5.38 Å². The van der Waals surface area contributed by atoms with Crippen molar-refractivity contribution in [3.63, 3.8) is 0 Å². The van der Waals surface area contributed by atoms with Crippen molar-refractivity contribution in [1.29, 1.82) is 0 Å². The molecule has 1 aliphatic heterocycles. The van der Waals surface area contributed by atoms with Crippen LogP contribution in [0.25, 0.3) is 0 Å². The van der Waals surface area contributed by atoms with E-state index < -0.39 is 0 Å². The maximum Gasteiger partial charge on any atom is 0.221 e. The zero-order valence-corrected chi connectivity index (χ0v) is 11.2. The van der Waals surface area contributed by atoms with E-state index in [2.05, 4.69) is 15.2 Å². The third kappa shape index (κ3) is 3.94. The fourth-order valence-electron chi connectivity index (χ4n) is 1.82. The number of aromatic nitrogens is 1. The summed E-state index contributed by atoms with van der Waals surface area (Å²) < 4.78 is 0. The molecule has 4 nitrogen and oxygen atoms in total. The molecule has 0 atom stereocenters. The fourth-order valence-corrected chi connectivity index (χ4v) is 2.83. The highest BCUT2D eigenvalue weighted by Crippen LogP contribution is 2.12. The SMILES string of the molecule is O=C1CCN(CCc2nc(CCl)cs2)CCN1. The molecule has 6 heteroatoms. The van der Waals surface area contributed by atoms with Gasteiger partial charge in [-0.05, 0) is 0 Å². The molecule has 1 fully saturated rings. The second-order valence-corrected chi connectivity index (χ2v) is 5.27. The molecule has 0 spiro atoms. The van der Waals surface area contributed by atoms with Gasteiger partial charge in [0.15, 0.2) is 0 Å². The highest BCUT2D eigenvalue weighted by molar-refractivity contribution is 7.09. The minimum absolute atomic E-state index is 0.158. The standard InChI is InChI=1S/C11H16ClN3OS/c12-7-9-8-17-11(14-9)2-5-15-4-1-10(16)13-3-6-15/h8H,1-7H2,(H,13,16). The van der Waals surface area contributed by atoms with E-state index in [1.807, 2.05) is 5.38 Å². The summed E-state index contributed by atoms with van der Waals surface area (Å²) in [5.74, 6) is 0.643. The molecule has 2 rings (SSSR count). The van der Waals surface area contributed by atoms with E-state index in [0.29, 0.717) is 12.3 Å². The molecule has 1 aromatic rings. The van der Waals surface area contributed by atoms with E-state index in [0.717, 1.165) is 43.3 Å². The van der Waals surface area contributed by atoms with E-state index in [9.17, 15) is 4.79 Å². The van der Waals surface area contributed by atoms with Gasteiger partial charge in [-0.15, -0.1) is 22.9 Å². The van der Waals surface area contributed by atoms with Gasteiger partial charge in [0.1, 0.15) is 0 Å². The van der Waals surface area contributed by atoms with Gasteiger partial charge in [0.25, 0.3) is 0 Å². The van der Waals surface area contributed by atoms with Gasteiger partial charge < -0.3 is 10.2 Å². The van der Waals surface area contributed by atoms with E-state index in [1.165, 1.54) is 0 Å². The van der Waals surface area contributed by atoms with Crippen LogP contribution in [0.4, 0.5) is 0 Å². The van der Waals surface area contributed by atoms with Crippen molar-refractivity contribution in [2.75, 3.05) is 26.2 Å². The minimum atomic E-state index is 0.158. The molecule has 0 unspecified atom stereocenters. The Morgan fingerprint density at radius 1 is 1.53 bits per heavy atom. The predicted molar refractivity (Wildman–Crippen MR) is 69.4 cm³/mol. The first-order chi connectivity index (χ1) is 8.28. The quantitative estimate of drug-likeness (QED) is 0.840. The predicted octanol–water partition coefficient (Wildman–Crippen LogP) is 1.25. The summed E-state index contributed by atoms with van der Waals surface area (Å²) in [5, 5.41) is 6.01. The van der Waals surface area contributed by atoms with Gasteiger partial charge in [-0.2, -0.15) is 0 Å². The zero-order chi connectivity index (χ0) is 12.1. The molecule has 17 heavy (non-hydrogen) atoms. The number of hydrogen-bond donors (Lipinski definition) is 1. The number of nitrogens with one attached hydrogen (secondary N) is 1. The number of alkyl halides is 1. The summed E-state index contributed by atoms with van der Waals surface area (Å²) in [7, 11) is 0. The molecule has 1 N–H and O–H groups in total. The Hall–Kier alpha value is -0.650. The summed E-state index contributed by atoms with van der Waals surface area (Å²) in [5.41, 5.74) is 0.958. The maximum atomic E-state index is 11.2. The lowest BCUT2D eigenvalue weighted by Gasteiger charge is -2.17. The van der Waals surface area contributed by atoms with Crippen LogP contribution in [-0.4, -0.2) is 42.0 Å². The van der Waals surface area contributed by atoms with Crippen LogP contribution in [0.1, 0.15) is 17.1 Å². The van der Waals surface area contributed by atoms with Crippen molar-refractivity contribution in [2.45, 2.75) is 18.7 Å². The number of thiazole rings is 1. The maximum absolute atomic E-state index is 11.2. The molecule has 2 heterocycles. The van der Waals surface area contributed by atoms with Crippen LogP contribution >= 0.6 is 22.9 Å². The molecule has 0 aromatic carbocycles. The molecule has 1 aliphatic rings. The Morgan fingerprint density at radius 3 is 3.18 bits per heavy atom. The number of rotatable bonds is 4. The molecule has 0 aliphatic carbocycles. The van der Waals surface area contributed by atoms with Gasteiger partial charge in [-0.3, -0.25) is 4.79 Å². The Kier molecular flexibility index (Phi) is 4.76. The largest absolute Gasteiger partial charge is 0.355 e. The highest BCUT2D eigenvalue weighted by Gasteiger charge is 2.13. The molecule has 0 saturated carbocycles. The van der Waals surface area contributed by atoms with Crippen molar-refractivity contribution in [2.24, 2.45) is 0 Å². The number of nitrogens with zero attached hydrogens (tertiary/aromatic N) is 2. The molecular formula is C11H16ClN3OS. The summed E-state index contributed by atoms with van der Waals surface area (Å²) in [6.45, 7) is 3.49. The first kappa shape index (κ1) is 12.8. The third-order valence-corrected chi connectivity index (χ3v) is 4.01. The topological polar surface area (TPSA) is 45.2 Å². The van der Waals surface area contributed by atoms with Crippen molar-refractivity contribution in [3.05, 3.63) is 16.1 Å². The number of amides is 1. The van der Waals surface area contributed by atoms with Gasteiger partial charge >= 0.3 is 0 Å². The van der Waals surface area contributed by atoms with E-state index >= 15 is 0 Å². The Bertz CT molecular complexity index is 383. The van der Waals surface area contributed by atoms with Crippen molar-refractivity contribution >= 4 is 28.8 Å². The Morgan fingerprint density at radius 2 is 2.41 bits per heavy atom. The van der Waals surface area contributed by atoms with E-state index in [1.54, 1.807) is 11.3 Å². The minimum Gasteiger partial charge on any atom is -0.355 e. The van der Waals surface area contributed by atoms with Crippen LogP contribution in [0.3, 0.4) is 0 Å². The third-order valence-electron chi connectivity index (χ3n) is 2.78. The molecule has 0 radical (unpaired) electrons. The average Bonchev–Trinajstić information content (AvgIpc) is 2.70. The molecule has 1 saturated heterocycles. The second kappa shape index (κ2) is 6.33. The first-order valence-electron chi connectivity index (χ1n) is 5.76. The molecule has 0 bridgehead atoms. The summed E-state index contributed by atoms with van der Waals surface area (Å²) >= 11 is 7.38. The number of halogens is 1. The number of carbonyl (C=O) groups excluding carboxylic acids is 1. The van der Waals surface area contributed by atoms with Crippen LogP contribution < -0.4 is 5.32 Å². The van der Waals surface area contributed by atoms with Crippen molar-refractivity contribution < 1.29 is 4.79 Å². The monoisotopic (exact) mass is 273 g/mol. The van der Waals surface area contributed by atoms with Gasteiger partial charge in [-0.1, -0.05) is 0 Å². The lowest BCUT2D eigenvalue weighted by molar-refractivity contribution is -0.120. The van der Waals surface area contributed by atoms with Crippen molar-refractivity contribution in [1.82, 2.24) is 15.2 Å². The van der Waals surface area contributed by atoms with Crippen molar-refractivity contribution in [3.8, 4) is 0 Å². The normalized spacial score (nSPS) is 17.8. The Labute approximate surface area is 110 Å². The lowest BCUT2D eigenvalue weighted by atomic mass is 10.3. The number of hydrogen-bond acceptors (Lipinski definition) is 4. The fraction of sp³-hybridized carbons (Fsp3) is 0.636. The Balaban J connectivity index is 1.79. The van der Waals surface area contributed by atoms with Crippen LogP contribution in [0.2, 0.25) is 0 Å². The van der Waals surface area contributed by atoms with Gasteiger partial charge in [0, 0.05) is 44.4 Å². The first-order valence-corrected chi connectivity index (χ1v) is 7.17. The van der Waals surface area contributed by atoms with Crippen LogP contribution in [-0.2, 0) is 17.1 Å². The molecule has 1 aromatic heterocycles. The summed E-state index contributed by atoms with van der Waals surface area (Å²) in [6.07, 6.45) is 1.54. The smallest absolute Gasteiger partial charge is 0.221 e. The summed E-state index contributed by atoms with van der Waals surface area (Å²) in [4.78, 5) is 17.9. The zero-order valence-electron chi connectivity index (χ0n) is 9.62. The van der Waals surface area contributed by atoms with E-state index in [4.69, 9.17) is 11.6 Å².